The summed E-state index contributed by atoms with van der Waals surface area (Å²) in [6.07, 6.45) is 4.94. The molecule has 0 unspecified atom stereocenters. The van der Waals surface area contributed by atoms with Gasteiger partial charge in [-0.2, -0.15) is 4.31 Å². The number of rotatable bonds is 7. The Bertz CT molecular complexity index is 1080. The normalized spacial score (nSPS) is 18.1. The van der Waals surface area contributed by atoms with E-state index in [1.807, 2.05) is 19.2 Å². The van der Waals surface area contributed by atoms with Crippen LogP contribution in [0.1, 0.15) is 63.0 Å². The molecule has 0 aliphatic carbocycles. The maximum atomic E-state index is 13.1. The number of carbonyl (C=O) groups is 1. The Kier molecular flexibility index (Phi) is 8.17. The molecular formula is C28H39N3O3S. The fraction of sp³-hybridized carbons (Fsp3) is 0.536. The summed E-state index contributed by atoms with van der Waals surface area (Å²) >= 11 is 0. The van der Waals surface area contributed by atoms with Crippen molar-refractivity contribution in [1.82, 2.24) is 9.21 Å². The Hall–Kier alpha value is -2.38. The molecule has 6 nitrogen and oxygen atoms in total. The number of amides is 1. The number of hydrogen-bond donors (Lipinski definition) is 0. The highest BCUT2D eigenvalue weighted by atomic mass is 32.2. The first kappa shape index (κ1) is 25.7. The van der Waals surface area contributed by atoms with Gasteiger partial charge in [-0.1, -0.05) is 38.1 Å². The van der Waals surface area contributed by atoms with Crippen molar-refractivity contribution in [2.24, 2.45) is 5.92 Å². The lowest BCUT2D eigenvalue weighted by atomic mass is 9.96. The van der Waals surface area contributed by atoms with Crippen LogP contribution in [0.25, 0.3) is 0 Å². The molecule has 4 rings (SSSR count). The zero-order chi connectivity index (χ0) is 25.0. The maximum absolute atomic E-state index is 13.1. The molecule has 0 aromatic heterocycles. The summed E-state index contributed by atoms with van der Waals surface area (Å²) in [5, 5.41) is 0. The smallest absolute Gasteiger partial charge is 0.243 e. The molecule has 2 aromatic carbocycles. The van der Waals surface area contributed by atoms with E-state index in [-0.39, 0.29) is 11.8 Å². The average molecular weight is 498 g/mol. The minimum atomic E-state index is -3.53. The number of carbonyl (C=O) groups excluding carboxylic acids is 1. The molecule has 2 aliphatic heterocycles. The van der Waals surface area contributed by atoms with Crippen molar-refractivity contribution in [3.8, 4) is 0 Å². The molecule has 1 amide bonds. The standard InChI is InChI=1S/C28H39N3O3S/c1-22(2)24-9-13-27(14-10-24)35(33,34)31-19-15-25(16-20-31)28(32)29(3)21-23-7-11-26(12-8-23)30-17-5-4-6-18-30/h7-14,22,25H,4-6,15-21H2,1-3H3. The molecule has 2 fully saturated rings. The van der Waals surface area contributed by atoms with Crippen LogP contribution in [0.4, 0.5) is 5.69 Å². The zero-order valence-corrected chi connectivity index (χ0v) is 22.1. The molecule has 2 aromatic rings. The van der Waals surface area contributed by atoms with Crippen molar-refractivity contribution in [1.29, 1.82) is 0 Å². The van der Waals surface area contributed by atoms with E-state index in [0.29, 0.717) is 43.3 Å². The van der Waals surface area contributed by atoms with Gasteiger partial charge in [-0.3, -0.25) is 4.79 Å². The van der Waals surface area contributed by atoms with E-state index in [0.717, 1.165) is 24.2 Å². The van der Waals surface area contributed by atoms with E-state index in [1.54, 1.807) is 17.0 Å². The Morgan fingerprint density at radius 1 is 0.914 bits per heavy atom. The highest BCUT2D eigenvalue weighted by molar-refractivity contribution is 7.89. The second-order valence-corrected chi connectivity index (χ2v) is 12.2. The predicted octanol–water partition coefficient (Wildman–Crippen LogP) is 4.86. The fourth-order valence-corrected chi connectivity index (χ4v) is 6.61. The van der Waals surface area contributed by atoms with E-state index in [4.69, 9.17) is 0 Å². The highest BCUT2D eigenvalue weighted by Crippen LogP contribution is 2.27. The molecule has 0 spiro atoms. The third-order valence-electron chi connectivity index (χ3n) is 7.44. The zero-order valence-electron chi connectivity index (χ0n) is 21.3. The second-order valence-electron chi connectivity index (χ2n) is 10.3. The van der Waals surface area contributed by atoms with E-state index in [9.17, 15) is 13.2 Å². The number of benzene rings is 2. The topological polar surface area (TPSA) is 60.9 Å². The van der Waals surface area contributed by atoms with E-state index in [1.165, 1.54) is 29.3 Å². The van der Waals surface area contributed by atoms with Crippen LogP contribution in [0.3, 0.4) is 0 Å². The van der Waals surface area contributed by atoms with Crippen LogP contribution in [0.5, 0.6) is 0 Å². The van der Waals surface area contributed by atoms with Gasteiger partial charge in [0.25, 0.3) is 0 Å². The van der Waals surface area contributed by atoms with Gasteiger partial charge in [-0.05, 0) is 73.4 Å². The van der Waals surface area contributed by atoms with Gasteiger partial charge in [-0.15, -0.1) is 0 Å². The summed E-state index contributed by atoms with van der Waals surface area (Å²) in [5.74, 6) is 0.323. The number of hydrogen-bond acceptors (Lipinski definition) is 4. The summed E-state index contributed by atoms with van der Waals surface area (Å²) in [5.41, 5.74) is 3.50. The Morgan fingerprint density at radius 2 is 1.51 bits per heavy atom. The summed E-state index contributed by atoms with van der Waals surface area (Å²) in [7, 11) is -1.68. The van der Waals surface area contributed by atoms with E-state index < -0.39 is 10.0 Å². The summed E-state index contributed by atoms with van der Waals surface area (Å²) in [6.45, 7) is 7.75. The van der Waals surface area contributed by atoms with Crippen molar-refractivity contribution >= 4 is 21.6 Å². The van der Waals surface area contributed by atoms with Crippen molar-refractivity contribution < 1.29 is 13.2 Å². The van der Waals surface area contributed by atoms with Crippen LogP contribution in [0.2, 0.25) is 0 Å². The van der Waals surface area contributed by atoms with Gasteiger partial charge in [0.2, 0.25) is 15.9 Å². The Balaban J connectivity index is 1.30. The first-order chi connectivity index (χ1) is 16.8. The molecule has 0 radical (unpaired) electrons. The van der Waals surface area contributed by atoms with Crippen LogP contribution in [0, 0.1) is 5.92 Å². The lowest BCUT2D eigenvalue weighted by Gasteiger charge is -2.32. The molecule has 190 valence electrons. The molecule has 0 atom stereocenters. The van der Waals surface area contributed by atoms with Crippen molar-refractivity contribution in [3.63, 3.8) is 0 Å². The van der Waals surface area contributed by atoms with Crippen LogP contribution >= 0.6 is 0 Å². The molecule has 2 heterocycles. The maximum Gasteiger partial charge on any atom is 0.243 e. The van der Waals surface area contributed by atoms with E-state index >= 15 is 0 Å². The number of nitrogens with zero attached hydrogens (tertiary/aromatic N) is 3. The lowest BCUT2D eigenvalue weighted by Crippen LogP contribution is -2.43. The Morgan fingerprint density at radius 3 is 2.09 bits per heavy atom. The highest BCUT2D eigenvalue weighted by Gasteiger charge is 2.33. The van der Waals surface area contributed by atoms with Crippen LogP contribution in [-0.4, -0.2) is 56.8 Å². The Labute approximate surface area is 211 Å². The molecule has 2 saturated heterocycles. The van der Waals surface area contributed by atoms with Crippen molar-refractivity contribution in [3.05, 3.63) is 59.7 Å². The first-order valence-corrected chi connectivity index (χ1v) is 14.4. The van der Waals surface area contributed by atoms with Gasteiger partial charge in [0.15, 0.2) is 0 Å². The van der Waals surface area contributed by atoms with Gasteiger partial charge < -0.3 is 9.80 Å². The minimum Gasteiger partial charge on any atom is -0.372 e. The third kappa shape index (κ3) is 6.07. The molecule has 35 heavy (non-hydrogen) atoms. The van der Waals surface area contributed by atoms with E-state index in [2.05, 4.69) is 43.0 Å². The second kappa shape index (κ2) is 11.1. The number of sulfonamides is 1. The quantitative estimate of drug-likeness (QED) is 0.548. The monoisotopic (exact) mass is 497 g/mol. The average Bonchev–Trinajstić information content (AvgIpc) is 2.89. The first-order valence-electron chi connectivity index (χ1n) is 12.9. The number of piperidine rings is 2. The van der Waals surface area contributed by atoms with Gasteiger partial charge in [0, 0.05) is 51.4 Å². The molecule has 0 saturated carbocycles. The van der Waals surface area contributed by atoms with Gasteiger partial charge in [0.1, 0.15) is 0 Å². The lowest BCUT2D eigenvalue weighted by molar-refractivity contribution is -0.135. The van der Waals surface area contributed by atoms with Crippen molar-refractivity contribution in [2.75, 3.05) is 38.1 Å². The molecule has 2 aliphatic rings. The molecule has 0 bridgehead atoms. The summed E-state index contributed by atoms with van der Waals surface area (Å²) in [4.78, 5) is 17.6. The van der Waals surface area contributed by atoms with Gasteiger partial charge >= 0.3 is 0 Å². The van der Waals surface area contributed by atoms with Crippen LogP contribution < -0.4 is 4.90 Å². The van der Waals surface area contributed by atoms with Crippen LogP contribution in [-0.2, 0) is 21.4 Å². The van der Waals surface area contributed by atoms with Gasteiger partial charge in [0.05, 0.1) is 4.90 Å². The third-order valence-corrected chi connectivity index (χ3v) is 9.35. The largest absolute Gasteiger partial charge is 0.372 e. The SMILES string of the molecule is CC(C)c1ccc(S(=O)(=O)N2CCC(C(=O)N(C)Cc3ccc(N4CCCCC4)cc3)CC2)cc1. The molecule has 7 heteroatoms. The predicted molar refractivity (Wildman–Crippen MR) is 141 cm³/mol. The molecule has 0 N–H and O–H groups in total. The van der Waals surface area contributed by atoms with Gasteiger partial charge in [-0.25, -0.2) is 8.42 Å². The fourth-order valence-electron chi connectivity index (χ4n) is 5.14. The summed E-state index contributed by atoms with van der Waals surface area (Å²) < 4.78 is 27.7. The minimum absolute atomic E-state index is 0.100. The summed E-state index contributed by atoms with van der Waals surface area (Å²) in [6, 6.07) is 15.7. The number of anilines is 1. The van der Waals surface area contributed by atoms with Crippen LogP contribution in [0.15, 0.2) is 53.4 Å². The van der Waals surface area contributed by atoms with Crippen molar-refractivity contribution in [2.45, 2.75) is 63.3 Å². The molecular weight excluding hydrogens is 458 g/mol.